The number of nitrogens with zero attached hydrogens (tertiary/aromatic N) is 2. The molecular formula is C10H11N3. The molecule has 2 N–H and O–H groups in total. The highest BCUT2D eigenvalue weighted by atomic mass is 15.4. The fraction of sp³-hybridized carbons (Fsp3) is 0.100. The van der Waals surface area contributed by atoms with E-state index in [1.807, 2.05) is 42.6 Å². The van der Waals surface area contributed by atoms with Crippen molar-refractivity contribution >= 4 is 11.9 Å². The number of hydrogen-bond acceptors (Lipinski definition) is 3. The summed E-state index contributed by atoms with van der Waals surface area (Å²) in [5.74, 6) is 0. The van der Waals surface area contributed by atoms with Crippen LogP contribution >= 0.6 is 0 Å². The number of hydrogen-bond donors (Lipinski definition) is 1. The summed E-state index contributed by atoms with van der Waals surface area (Å²) >= 11 is 0. The summed E-state index contributed by atoms with van der Waals surface area (Å²) in [4.78, 5) is 0. The lowest BCUT2D eigenvalue weighted by Gasteiger charge is -2.18. The number of rotatable bonds is 1. The van der Waals surface area contributed by atoms with Gasteiger partial charge in [-0.2, -0.15) is 5.10 Å². The Hall–Kier alpha value is -1.61. The second-order valence-corrected chi connectivity index (χ2v) is 2.86. The van der Waals surface area contributed by atoms with Gasteiger partial charge in [0.2, 0.25) is 0 Å². The van der Waals surface area contributed by atoms with Gasteiger partial charge in [-0.1, -0.05) is 18.2 Å². The van der Waals surface area contributed by atoms with E-state index in [0.29, 0.717) is 0 Å². The molecule has 1 aromatic carbocycles. The average molecular weight is 173 g/mol. The van der Waals surface area contributed by atoms with Crippen LogP contribution in [0.5, 0.6) is 0 Å². The van der Waals surface area contributed by atoms with Gasteiger partial charge in [-0.15, -0.1) is 0 Å². The molecule has 0 fully saturated rings. The van der Waals surface area contributed by atoms with Crippen molar-refractivity contribution in [3.8, 4) is 0 Å². The molecule has 1 aliphatic heterocycles. The molecule has 0 bridgehead atoms. The van der Waals surface area contributed by atoms with Crippen LogP contribution in [-0.4, -0.2) is 12.3 Å². The molecular weight excluding hydrogens is 162 g/mol. The van der Waals surface area contributed by atoms with Crippen LogP contribution in [-0.2, 0) is 0 Å². The third-order valence-corrected chi connectivity index (χ3v) is 1.83. The molecule has 66 valence electrons. The molecule has 0 amide bonds. The Morgan fingerprint density at radius 1 is 1.23 bits per heavy atom. The van der Waals surface area contributed by atoms with Gasteiger partial charge < -0.3 is 5.73 Å². The first-order valence-electron chi connectivity index (χ1n) is 4.18. The number of nitrogens with two attached hydrogens (primary N) is 1. The van der Waals surface area contributed by atoms with Crippen molar-refractivity contribution in [1.29, 1.82) is 0 Å². The van der Waals surface area contributed by atoms with Crippen LogP contribution in [0.3, 0.4) is 0 Å². The Morgan fingerprint density at radius 2 is 2.00 bits per heavy atom. The maximum atomic E-state index is 5.61. The molecule has 13 heavy (non-hydrogen) atoms. The summed E-state index contributed by atoms with van der Waals surface area (Å²) in [7, 11) is 0. The molecule has 0 aromatic heterocycles. The van der Waals surface area contributed by atoms with Gasteiger partial charge in [-0.3, -0.25) is 0 Å². The van der Waals surface area contributed by atoms with Gasteiger partial charge in [0.05, 0.1) is 11.7 Å². The predicted molar refractivity (Wildman–Crippen MR) is 54.5 cm³/mol. The summed E-state index contributed by atoms with van der Waals surface area (Å²) in [5, 5.41) is 5.97. The zero-order valence-corrected chi connectivity index (χ0v) is 7.17. The van der Waals surface area contributed by atoms with Gasteiger partial charge in [-0.25, -0.2) is 5.01 Å². The van der Waals surface area contributed by atoms with Gasteiger partial charge in [0.25, 0.3) is 0 Å². The Morgan fingerprint density at radius 3 is 2.62 bits per heavy atom. The number of hydrazone groups is 1. The van der Waals surface area contributed by atoms with Gasteiger partial charge in [0.1, 0.15) is 0 Å². The van der Waals surface area contributed by atoms with E-state index < -0.39 is 0 Å². The monoisotopic (exact) mass is 173 g/mol. The summed E-state index contributed by atoms with van der Waals surface area (Å²) in [6.45, 7) is 0. The van der Waals surface area contributed by atoms with E-state index >= 15 is 0 Å². The van der Waals surface area contributed by atoms with Crippen molar-refractivity contribution in [2.75, 3.05) is 5.01 Å². The predicted octanol–water partition coefficient (Wildman–Crippen LogP) is 1.33. The Labute approximate surface area is 77.2 Å². The molecule has 1 aliphatic rings. The van der Waals surface area contributed by atoms with Crippen LogP contribution < -0.4 is 10.7 Å². The quantitative estimate of drug-likeness (QED) is 0.696. The van der Waals surface area contributed by atoms with Gasteiger partial charge in [0.15, 0.2) is 0 Å². The SMILES string of the molecule is NC1C=CN(c2ccccc2)N=C1. The van der Waals surface area contributed by atoms with E-state index in [-0.39, 0.29) is 6.04 Å². The maximum Gasteiger partial charge on any atom is 0.0645 e. The molecule has 2 rings (SSSR count). The fourth-order valence-electron chi connectivity index (χ4n) is 1.15. The van der Waals surface area contributed by atoms with Crippen molar-refractivity contribution in [1.82, 2.24) is 0 Å². The summed E-state index contributed by atoms with van der Waals surface area (Å²) in [5.41, 5.74) is 6.66. The molecule has 0 saturated carbocycles. The maximum absolute atomic E-state index is 5.61. The Bertz CT molecular complexity index is 315. The highest BCUT2D eigenvalue weighted by Gasteiger charge is 2.04. The van der Waals surface area contributed by atoms with Crippen LogP contribution in [0.1, 0.15) is 0 Å². The van der Waals surface area contributed by atoms with E-state index in [9.17, 15) is 0 Å². The largest absolute Gasteiger partial charge is 0.320 e. The van der Waals surface area contributed by atoms with Gasteiger partial charge in [-0.05, 0) is 18.2 Å². The van der Waals surface area contributed by atoms with E-state index in [2.05, 4.69) is 5.10 Å². The van der Waals surface area contributed by atoms with Gasteiger partial charge in [0, 0.05) is 12.4 Å². The van der Waals surface area contributed by atoms with Gasteiger partial charge >= 0.3 is 0 Å². The van der Waals surface area contributed by atoms with Crippen LogP contribution in [0.15, 0.2) is 47.7 Å². The van der Waals surface area contributed by atoms with Crippen molar-refractivity contribution in [3.63, 3.8) is 0 Å². The zero-order valence-electron chi connectivity index (χ0n) is 7.17. The Kier molecular flexibility index (Phi) is 2.10. The molecule has 1 aromatic rings. The molecule has 1 unspecified atom stereocenters. The Balaban J connectivity index is 2.20. The molecule has 1 atom stereocenters. The van der Waals surface area contributed by atoms with E-state index in [1.165, 1.54) is 0 Å². The molecule has 0 saturated heterocycles. The number of para-hydroxylation sites is 1. The molecule has 0 aliphatic carbocycles. The van der Waals surface area contributed by atoms with Crippen molar-refractivity contribution < 1.29 is 0 Å². The second kappa shape index (κ2) is 3.41. The molecule has 0 radical (unpaired) electrons. The van der Waals surface area contributed by atoms with Crippen molar-refractivity contribution in [3.05, 3.63) is 42.6 Å². The molecule has 3 heteroatoms. The van der Waals surface area contributed by atoms with E-state index in [1.54, 1.807) is 11.2 Å². The lowest BCUT2D eigenvalue weighted by molar-refractivity contribution is 0.983. The normalized spacial score (nSPS) is 20.7. The van der Waals surface area contributed by atoms with Crippen molar-refractivity contribution in [2.24, 2.45) is 10.8 Å². The topological polar surface area (TPSA) is 41.6 Å². The first-order valence-corrected chi connectivity index (χ1v) is 4.18. The highest BCUT2D eigenvalue weighted by Crippen LogP contribution is 2.15. The summed E-state index contributed by atoms with van der Waals surface area (Å²) in [6.07, 6.45) is 5.49. The van der Waals surface area contributed by atoms with E-state index in [0.717, 1.165) is 5.69 Å². The molecule has 1 heterocycles. The number of anilines is 1. The standard InChI is InChI=1S/C10H11N3/c11-9-6-7-13(12-8-9)10-4-2-1-3-5-10/h1-9H,11H2. The molecule has 0 spiro atoms. The lowest BCUT2D eigenvalue weighted by Crippen LogP contribution is -2.25. The zero-order chi connectivity index (χ0) is 9.10. The van der Waals surface area contributed by atoms with Crippen molar-refractivity contribution in [2.45, 2.75) is 6.04 Å². The third kappa shape index (κ3) is 1.76. The number of benzene rings is 1. The molecule has 3 nitrogen and oxygen atoms in total. The third-order valence-electron chi connectivity index (χ3n) is 1.83. The lowest BCUT2D eigenvalue weighted by atomic mass is 10.3. The van der Waals surface area contributed by atoms with Crippen LogP contribution in [0.4, 0.5) is 5.69 Å². The highest BCUT2D eigenvalue weighted by molar-refractivity contribution is 5.71. The fourth-order valence-corrected chi connectivity index (χ4v) is 1.15. The van der Waals surface area contributed by atoms with Crippen LogP contribution in [0, 0.1) is 0 Å². The second-order valence-electron chi connectivity index (χ2n) is 2.86. The van der Waals surface area contributed by atoms with Crippen LogP contribution in [0.2, 0.25) is 0 Å². The minimum Gasteiger partial charge on any atom is -0.320 e. The first-order chi connectivity index (χ1) is 6.36. The van der Waals surface area contributed by atoms with E-state index in [4.69, 9.17) is 5.73 Å². The minimum absolute atomic E-state index is 0.0556. The average Bonchev–Trinajstić information content (AvgIpc) is 2.20. The van der Waals surface area contributed by atoms with Crippen LogP contribution in [0.25, 0.3) is 0 Å². The first kappa shape index (κ1) is 8.01. The summed E-state index contributed by atoms with van der Waals surface area (Å²) < 4.78 is 0. The smallest absolute Gasteiger partial charge is 0.0645 e. The minimum atomic E-state index is -0.0556. The summed E-state index contributed by atoms with van der Waals surface area (Å²) in [6, 6.07) is 9.88.